The number of carbonyl (C=O) groups excluding carboxylic acids is 2. The van der Waals surface area contributed by atoms with E-state index < -0.39 is 16.1 Å². The van der Waals surface area contributed by atoms with E-state index in [-0.39, 0.29) is 43.8 Å². The van der Waals surface area contributed by atoms with Crippen LogP contribution < -0.4 is 14.4 Å². The van der Waals surface area contributed by atoms with Crippen LogP contribution in [0, 0.1) is 0 Å². The molecule has 0 radical (unpaired) electrons. The fourth-order valence-electron chi connectivity index (χ4n) is 4.75. The number of carbonyl (C=O) groups is 2. The highest BCUT2D eigenvalue weighted by Gasteiger charge is 2.29. The Bertz CT molecular complexity index is 1250. The van der Waals surface area contributed by atoms with Crippen molar-refractivity contribution in [2.45, 2.75) is 70.5 Å². The second-order valence-corrected chi connectivity index (χ2v) is 12.7. The molecule has 0 bridgehead atoms. The van der Waals surface area contributed by atoms with Crippen LogP contribution in [-0.4, -0.2) is 57.1 Å². The van der Waals surface area contributed by atoms with E-state index in [9.17, 15) is 18.0 Å². The zero-order valence-electron chi connectivity index (χ0n) is 22.7. The van der Waals surface area contributed by atoms with E-state index in [1.165, 1.54) is 22.7 Å². The number of halogens is 2. The van der Waals surface area contributed by atoms with E-state index in [0.717, 1.165) is 31.9 Å². The van der Waals surface area contributed by atoms with Crippen molar-refractivity contribution in [2.24, 2.45) is 0 Å². The summed E-state index contributed by atoms with van der Waals surface area (Å²) in [6.45, 7) is 1.93. The maximum Gasteiger partial charge on any atom is 0.242 e. The zero-order chi connectivity index (χ0) is 28.6. The third kappa shape index (κ3) is 9.01. The first-order chi connectivity index (χ1) is 18.5. The van der Waals surface area contributed by atoms with E-state index in [1.54, 1.807) is 49.4 Å². The number of methoxy groups -OCH3 is 1. The number of sulfonamides is 1. The second-order valence-electron chi connectivity index (χ2n) is 9.92. The van der Waals surface area contributed by atoms with Gasteiger partial charge in [0.15, 0.2) is 0 Å². The molecule has 1 aliphatic carbocycles. The minimum atomic E-state index is -3.61. The van der Waals surface area contributed by atoms with Gasteiger partial charge in [-0.2, -0.15) is 0 Å². The first-order valence-corrected chi connectivity index (χ1v) is 15.8. The number of hydrogen-bond donors (Lipinski definition) is 1. The number of rotatable bonds is 12. The van der Waals surface area contributed by atoms with Crippen molar-refractivity contribution in [1.82, 2.24) is 10.2 Å². The number of nitrogens with one attached hydrogen (secondary N) is 1. The Hall–Kier alpha value is -2.49. The summed E-state index contributed by atoms with van der Waals surface area (Å²) in [5.41, 5.74) is 1.12. The quantitative estimate of drug-likeness (QED) is 0.352. The average molecular weight is 599 g/mol. The summed E-state index contributed by atoms with van der Waals surface area (Å²) < 4.78 is 31.6. The summed E-state index contributed by atoms with van der Waals surface area (Å²) in [5.74, 6) is 0.0435. The first-order valence-electron chi connectivity index (χ1n) is 13.1. The van der Waals surface area contributed by atoms with E-state index in [1.807, 2.05) is 0 Å². The summed E-state index contributed by atoms with van der Waals surface area (Å²) in [4.78, 5) is 28.2. The van der Waals surface area contributed by atoms with Gasteiger partial charge in [-0.25, -0.2) is 8.42 Å². The van der Waals surface area contributed by atoms with E-state index in [0.29, 0.717) is 27.0 Å². The highest BCUT2D eigenvalue weighted by molar-refractivity contribution is 7.92. The zero-order valence-corrected chi connectivity index (χ0v) is 25.0. The Labute approximate surface area is 241 Å². The number of benzene rings is 2. The molecule has 1 aliphatic rings. The van der Waals surface area contributed by atoms with Crippen LogP contribution in [0.3, 0.4) is 0 Å². The summed E-state index contributed by atoms with van der Waals surface area (Å²) >= 11 is 12.5. The molecule has 2 aromatic rings. The van der Waals surface area contributed by atoms with Gasteiger partial charge in [0.25, 0.3) is 0 Å². The van der Waals surface area contributed by atoms with E-state index >= 15 is 0 Å². The van der Waals surface area contributed by atoms with Crippen molar-refractivity contribution in [3.05, 3.63) is 58.1 Å². The van der Waals surface area contributed by atoms with Crippen molar-refractivity contribution in [1.29, 1.82) is 0 Å². The SMILES string of the molecule is COc1cccc(N(CCCC(=O)N(Cc2ccc(Cl)cc2Cl)[C@@H](C)C(=O)NC2CCCCC2)S(C)(=O)=O)c1. The van der Waals surface area contributed by atoms with E-state index in [4.69, 9.17) is 27.9 Å². The van der Waals surface area contributed by atoms with Crippen molar-refractivity contribution < 1.29 is 22.7 Å². The third-order valence-electron chi connectivity index (χ3n) is 6.97. The average Bonchev–Trinajstić information content (AvgIpc) is 2.90. The molecule has 3 rings (SSSR count). The number of hydrogen-bond acceptors (Lipinski definition) is 5. The summed E-state index contributed by atoms with van der Waals surface area (Å²) in [5, 5.41) is 3.98. The van der Waals surface area contributed by atoms with Gasteiger partial charge in [0, 0.05) is 41.7 Å². The van der Waals surface area contributed by atoms with Crippen LogP contribution in [0.2, 0.25) is 10.0 Å². The van der Waals surface area contributed by atoms with Crippen LogP contribution in [0.15, 0.2) is 42.5 Å². The summed E-state index contributed by atoms with van der Waals surface area (Å²) in [6, 6.07) is 11.2. The third-order valence-corrected chi connectivity index (χ3v) is 8.75. The second kappa shape index (κ2) is 14.2. The molecule has 0 spiro atoms. The van der Waals surface area contributed by atoms with Gasteiger partial charge in [0.2, 0.25) is 21.8 Å². The minimum Gasteiger partial charge on any atom is -0.497 e. The molecule has 0 aliphatic heterocycles. The number of nitrogens with zero attached hydrogens (tertiary/aromatic N) is 2. The van der Waals surface area contributed by atoms with Gasteiger partial charge < -0.3 is 15.0 Å². The molecule has 0 saturated heterocycles. The van der Waals surface area contributed by atoms with Crippen LogP contribution in [0.4, 0.5) is 5.69 Å². The van der Waals surface area contributed by atoms with Gasteiger partial charge in [-0.05, 0) is 56.0 Å². The Kier molecular flexibility index (Phi) is 11.3. The maximum atomic E-state index is 13.5. The maximum absolute atomic E-state index is 13.5. The molecule has 1 N–H and O–H groups in total. The van der Waals surface area contributed by atoms with Gasteiger partial charge in [-0.1, -0.05) is 54.6 Å². The fourth-order valence-corrected chi connectivity index (χ4v) is 6.18. The Morgan fingerprint density at radius 1 is 1.10 bits per heavy atom. The lowest BCUT2D eigenvalue weighted by molar-refractivity contribution is -0.141. The van der Waals surface area contributed by atoms with Gasteiger partial charge >= 0.3 is 0 Å². The standard InChI is InChI=1S/C28H37Cl2N3O5S/c1-20(28(35)31-23-9-5-4-6-10-23)32(19-21-14-15-22(29)17-26(21)30)27(34)13-8-16-33(39(3,36)37)24-11-7-12-25(18-24)38-2/h7,11-12,14-15,17-18,20,23H,4-6,8-10,13,16,19H2,1-3H3,(H,31,35)/t20-/m0/s1. The van der Waals surface area contributed by atoms with Crippen LogP contribution in [0.25, 0.3) is 0 Å². The Morgan fingerprint density at radius 3 is 2.46 bits per heavy atom. The molecule has 39 heavy (non-hydrogen) atoms. The normalized spacial score (nSPS) is 14.9. The Balaban J connectivity index is 1.75. The molecule has 1 atom stereocenters. The molecule has 0 unspecified atom stereocenters. The lowest BCUT2D eigenvalue weighted by atomic mass is 9.95. The van der Waals surface area contributed by atoms with Crippen LogP contribution in [-0.2, 0) is 26.2 Å². The molecule has 11 heteroatoms. The summed E-state index contributed by atoms with van der Waals surface area (Å²) in [7, 11) is -2.10. The molecule has 214 valence electrons. The van der Waals surface area contributed by atoms with Gasteiger partial charge in [0.1, 0.15) is 11.8 Å². The number of ether oxygens (including phenoxy) is 1. The molecule has 2 aromatic carbocycles. The molecule has 1 fully saturated rings. The molecule has 1 saturated carbocycles. The monoisotopic (exact) mass is 597 g/mol. The van der Waals surface area contributed by atoms with Crippen molar-refractivity contribution in [3.63, 3.8) is 0 Å². The molecular weight excluding hydrogens is 561 g/mol. The van der Waals surface area contributed by atoms with Crippen molar-refractivity contribution in [3.8, 4) is 5.75 Å². The Morgan fingerprint density at radius 2 is 1.82 bits per heavy atom. The first kappa shape index (κ1) is 31.0. The van der Waals surface area contributed by atoms with Crippen LogP contribution >= 0.6 is 23.2 Å². The number of amides is 2. The van der Waals surface area contributed by atoms with Gasteiger partial charge in [-0.15, -0.1) is 0 Å². The smallest absolute Gasteiger partial charge is 0.242 e. The summed E-state index contributed by atoms with van der Waals surface area (Å²) in [6.07, 6.45) is 6.61. The number of anilines is 1. The topological polar surface area (TPSA) is 96.0 Å². The van der Waals surface area contributed by atoms with Crippen molar-refractivity contribution in [2.75, 3.05) is 24.2 Å². The molecule has 2 amide bonds. The largest absolute Gasteiger partial charge is 0.497 e. The fraction of sp³-hybridized carbons (Fsp3) is 0.500. The van der Waals surface area contributed by atoms with Gasteiger partial charge in [0.05, 0.1) is 19.1 Å². The highest BCUT2D eigenvalue weighted by Crippen LogP contribution is 2.26. The molecule has 8 nitrogen and oxygen atoms in total. The lowest BCUT2D eigenvalue weighted by Crippen LogP contribution is -2.50. The van der Waals surface area contributed by atoms with Crippen molar-refractivity contribution >= 4 is 50.7 Å². The molecule has 0 aromatic heterocycles. The predicted molar refractivity (Wildman–Crippen MR) is 156 cm³/mol. The molecule has 0 heterocycles. The minimum absolute atomic E-state index is 0.0439. The lowest BCUT2D eigenvalue weighted by Gasteiger charge is -2.32. The van der Waals surface area contributed by atoms with Crippen LogP contribution in [0.5, 0.6) is 5.75 Å². The van der Waals surface area contributed by atoms with Gasteiger partial charge in [-0.3, -0.25) is 13.9 Å². The van der Waals surface area contributed by atoms with E-state index in [2.05, 4.69) is 5.32 Å². The predicted octanol–water partition coefficient (Wildman–Crippen LogP) is 5.41. The highest BCUT2D eigenvalue weighted by atomic mass is 35.5. The molecular formula is C28H37Cl2N3O5S. The van der Waals surface area contributed by atoms with Crippen LogP contribution in [0.1, 0.15) is 57.4 Å².